The Bertz CT molecular complexity index is 195. The van der Waals surface area contributed by atoms with Crippen LogP contribution in [-0.4, -0.2) is 23.8 Å². The van der Waals surface area contributed by atoms with E-state index in [4.69, 9.17) is 0 Å². The minimum atomic E-state index is -4.42. The minimum Gasteiger partial charge on any atom is -0.345 e. The fraction of sp³-hybridized carbons (Fsp3) is 1.00. The molecule has 1 atom stereocenters. The first-order chi connectivity index (χ1) is 5.77. The maximum atomic E-state index is 11.6. The SMILES string of the molecule is CCCCP(O)(=S)OCC(F)(F)F. The van der Waals surface area contributed by atoms with Crippen molar-refractivity contribution >= 4 is 18.3 Å². The van der Waals surface area contributed by atoms with Gasteiger partial charge in [0.15, 0.2) is 6.49 Å². The fourth-order valence-electron chi connectivity index (χ4n) is 0.597. The molecule has 0 saturated carbocycles. The highest BCUT2D eigenvalue weighted by atomic mass is 32.5. The number of rotatable bonds is 5. The molecule has 0 radical (unpaired) electrons. The van der Waals surface area contributed by atoms with E-state index in [1.807, 2.05) is 6.92 Å². The molecule has 13 heavy (non-hydrogen) atoms. The average Bonchev–Trinajstić information content (AvgIpc) is 1.97. The molecule has 1 N–H and O–H groups in total. The summed E-state index contributed by atoms with van der Waals surface area (Å²) in [5.74, 6) is 0. The van der Waals surface area contributed by atoms with E-state index in [0.717, 1.165) is 6.42 Å². The van der Waals surface area contributed by atoms with Crippen molar-refractivity contribution in [2.75, 3.05) is 12.8 Å². The molecule has 7 heteroatoms. The van der Waals surface area contributed by atoms with Crippen molar-refractivity contribution in [3.05, 3.63) is 0 Å². The molecule has 1 unspecified atom stereocenters. The fourth-order valence-corrected chi connectivity index (χ4v) is 2.34. The topological polar surface area (TPSA) is 29.5 Å². The molecule has 0 heterocycles. The van der Waals surface area contributed by atoms with Crippen LogP contribution in [0.5, 0.6) is 0 Å². The minimum absolute atomic E-state index is 0.148. The first kappa shape index (κ1) is 13.4. The van der Waals surface area contributed by atoms with Crippen molar-refractivity contribution in [2.45, 2.75) is 25.9 Å². The Morgan fingerprint density at radius 2 is 2.00 bits per heavy atom. The number of hydrogen-bond donors (Lipinski definition) is 1. The third-order valence-electron chi connectivity index (χ3n) is 1.22. The summed E-state index contributed by atoms with van der Waals surface area (Å²) in [6.45, 7) is -2.79. The van der Waals surface area contributed by atoms with Gasteiger partial charge in [-0.25, -0.2) is 0 Å². The Labute approximate surface area is 80.3 Å². The van der Waals surface area contributed by atoms with Crippen LogP contribution in [0.15, 0.2) is 0 Å². The van der Waals surface area contributed by atoms with Gasteiger partial charge >= 0.3 is 6.18 Å². The first-order valence-electron chi connectivity index (χ1n) is 3.80. The van der Waals surface area contributed by atoms with Gasteiger partial charge in [-0.05, 0) is 18.2 Å². The normalized spacial score (nSPS) is 17.0. The van der Waals surface area contributed by atoms with Crippen LogP contribution >= 0.6 is 6.49 Å². The van der Waals surface area contributed by atoms with Gasteiger partial charge in [0.1, 0.15) is 6.61 Å². The highest BCUT2D eigenvalue weighted by Crippen LogP contribution is 2.44. The summed E-state index contributed by atoms with van der Waals surface area (Å²) in [7, 11) is 0. The molecule has 0 aliphatic heterocycles. The molecule has 0 aromatic carbocycles. The largest absolute Gasteiger partial charge is 0.412 e. The zero-order valence-corrected chi connectivity index (χ0v) is 8.88. The molecule has 0 aromatic rings. The van der Waals surface area contributed by atoms with Gasteiger partial charge in [0.2, 0.25) is 0 Å². The van der Waals surface area contributed by atoms with E-state index in [2.05, 4.69) is 16.3 Å². The summed E-state index contributed by atoms with van der Waals surface area (Å²) in [5, 5.41) is 0. The van der Waals surface area contributed by atoms with E-state index in [1.165, 1.54) is 0 Å². The molecule has 2 nitrogen and oxygen atoms in total. The van der Waals surface area contributed by atoms with Crippen LogP contribution < -0.4 is 0 Å². The van der Waals surface area contributed by atoms with Gasteiger partial charge in [0, 0.05) is 6.16 Å². The lowest BCUT2D eigenvalue weighted by Crippen LogP contribution is -2.16. The summed E-state index contributed by atoms with van der Waals surface area (Å²) in [5.41, 5.74) is 0. The molecule has 0 spiro atoms. The van der Waals surface area contributed by atoms with Crippen LogP contribution in [0, 0.1) is 0 Å². The average molecular weight is 236 g/mol. The molecular formula is C6H12F3O2PS. The maximum Gasteiger partial charge on any atom is 0.412 e. The monoisotopic (exact) mass is 236 g/mol. The number of hydrogen-bond acceptors (Lipinski definition) is 2. The zero-order chi connectivity index (χ0) is 10.5. The summed E-state index contributed by atoms with van der Waals surface area (Å²) >= 11 is 4.52. The smallest absolute Gasteiger partial charge is 0.345 e. The predicted octanol–water partition coefficient (Wildman–Crippen LogP) is 2.67. The molecule has 0 aliphatic carbocycles. The van der Waals surface area contributed by atoms with Gasteiger partial charge < -0.3 is 9.42 Å². The molecule has 0 aliphatic rings. The molecule has 0 fully saturated rings. The van der Waals surface area contributed by atoms with E-state index in [-0.39, 0.29) is 6.16 Å². The Balaban J connectivity index is 3.83. The van der Waals surface area contributed by atoms with Crippen molar-refractivity contribution in [2.24, 2.45) is 0 Å². The summed E-state index contributed by atoms with van der Waals surface area (Å²) in [6, 6.07) is 0. The number of halogens is 3. The van der Waals surface area contributed by atoms with Crippen LogP contribution in [0.3, 0.4) is 0 Å². The standard InChI is InChI=1S/C6H12F3O2PS/c1-2-3-4-12(10,13)11-5-6(7,8)9/h2-5H2,1H3,(H,10,13). The molecule has 0 aromatic heterocycles. The highest BCUT2D eigenvalue weighted by molar-refractivity contribution is 8.09. The maximum absolute atomic E-state index is 11.6. The Hall–Kier alpha value is 0.360. The van der Waals surface area contributed by atoms with E-state index in [1.54, 1.807) is 0 Å². The molecule has 0 rings (SSSR count). The van der Waals surface area contributed by atoms with Gasteiger partial charge in [-0.1, -0.05) is 13.3 Å². The lowest BCUT2D eigenvalue weighted by Gasteiger charge is -2.16. The summed E-state index contributed by atoms with van der Waals surface area (Å²) in [6.07, 6.45) is -2.91. The van der Waals surface area contributed by atoms with Crippen LogP contribution in [0.1, 0.15) is 19.8 Å². The van der Waals surface area contributed by atoms with E-state index >= 15 is 0 Å². The van der Waals surface area contributed by atoms with Gasteiger partial charge in [-0.15, -0.1) is 0 Å². The van der Waals surface area contributed by atoms with E-state index < -0.39 is 19.3 Å². The predicted molar refractivity (Wildman–Crippen MR) is 48.3 cm³/mol. The zero-order valence-electron chi connectivity index (χ0n) is 7.17. The molecule has 0 bridgehead atoms. The van der Waals surface area contributed by atoms with Gasteiger partial charge in [-0.2, -0.15) is 13.2 Å². The number of alkyl halides is 3. The Kier molecular flexibility index (Phi) is 5.44. The second-order valence-corrected chi connectivity index (χ2v) is 6.30. The Morgan fingerprint density at radius 1 is 1.46 bits per heavy atom. The van der Waals surface area contributed by atoms with Crippen molar-refractivity contribution in [3.8, 4) is 0 Å². The third kappa shape index (κ3) is 8.68. The quantitative estimate of drug-likeness (QED) is 0.744. The van der Waals surface area contributed by atoms with Crippen molar-refractivity contribution in [1.29, 1.82) is 0 Å². The van der Waals surface area contributed by atoms with Gasteiger partial charge in [-0.3, -0.25) is 0 Å². The molecule has 0 amide bonds. The third-order valence-corrected chi connectivity index (χ3v) is 3.50. The van der Waals surface area contributed by atoms with E-state index in [0.29, 0.717) is 6.42 Å². The second kappa shape index (κ2) is 5.29. The van der Waals surface area contributed by atoms with Crippen LogP contribution in [0.25, 0.3) is 0 Å². The number of unbranched alkanes of at least 4 members (excludes halogenated alkanes) is 1. The van der Waals surface area contributed by atoms with E-state index in [9.17, 15) is 18.1 Å². The molecule has 80 valence electrons. The first-order valence-corrected chi connectivity index (χ1v) is 6.66. The Morgan fingerprint density at radius 3 is 2.38 bits per heavy atom. The van der Waals surface area contributed by atoms with Crippen LogP contribution in [0.2, 0.25) is 0 Å². The van der Waals surface area contributed by atoms with Crippen molar-refractivity contribution < 1.29 is 22.6 Å². The van der Waals surface area contributed by atoms with Crippen molar-refractivity contribution in [1.82, 2.24) is 0 Å². The van der Waals surface area contributed by atoms with Crippen LogP contribution in [0.4, 0.5) is 13.2 Å². The van der Waals surface area contributed by atoms with Gasteiger partial charge in [0.05, 0.1) is 0 Å². The van der Waals surface area contributed by atoms with Crippen molar-refractivity contribution in [3.63, 3.8) is 0 Å². The lowest BCUT2D eigenvalue weighted by molar-refractivity contribution is -0.153. The summed E-state index contributed by atoms with van der Waals surface area (Å²) < 4.78 is 39.2. The van der Waals surface area contributed by atoms with Gasteiger partial charge in [0.25, 0.3) is 0 Å². The molecular weight excluding hydrogens is 224 g/mol. The second-order valence-electron chi connectivity index (χ2n) is 2.60. The van der Waals surface area contributed by atoms with Crippen LogP contribution in [-0.2, 0) is 16.3 Å². The summed E-state index contributed by atoms with van der Waals surface area (Å²) in [4.78, 5) is 9.21. The highest BCUT2D eigenvalue weighted by Gasteiger charge is 2.30. The molecule has 0 saturated heterocycles. The lowest BCUT2D eigenvalue weighted by atomic mass is 10.4.